The maximum Gasteiger partial charge on any atom is 0.0462 e. The van der Waals surface area contributed by atoms with E-state index in [1.807, 2.05) is 12.1 Å². The highest BCUT2D eigenvalue weighted by Gasteiger charge is 2.00. The maximum atomic E-state index is 6.17. The molecule has 0 bridgehead atoms. The first-order valence-electron chi connectivity index (χ1n) is 6.44. The van der Waals surface area contributed by atoms with E-state index in [0.717, 1.165) is 41.0 Å². The first kappa shape index (κ1) is 14.6. The van der Waals surface area contributed by atoms with Gasteiger partial charge < -0.3 is 5.32 Å². The Morgan fingerprint density at radius 1 is 1.05 bits per heavy atom. The van der Waals surface area contributed by atoms with Crippen LogP contribution in [-0.2, 0) is 13.0 Å². The zero-order valence-electron chi connectivity index (χ0n) is 10.7. The van der Waals surface area contributed by atoms with Crippen molar-refractivity contribution < 1.29 is 0 Å². The normalized spacial score (nSPS) is 10.6. The quantitative estimate of drug-likeness (QED) is 0.744. The third-order valence-electron chi connectivity index (χ3n) is 2.99. The second-order valence-electron chi connectivity index (χ2n) is 4.50. The van der Waals surface area contributed by atoms with Crippen LogP contribution in [0, 0.1) is 0 Å². The van der Waals surface area contributed by atoms with E-state index in [4.69, 9.17) is 11.6 Å². The smallest absolute Gasteiger partial charge is 0.0462 e. The van der Waals surface area contributed by atoms with Crippen LogP contribution >= 0.6 is 27.5 Å². The first-order chi connectivity index (χ1) is 9.25. The molecule has 3 heteroatoms. The average molecular weight is 339 g/mol. The van der Waals surface area contributed by atoms with Crippen molar-refractivity contribution in [3.8, 4) is 0 Å². The minimum absolute atomic E-state index is 0.810. The Hall–Kier alpha value is -0.830. The van der Waals surface area contributed by atoms with Gasteiger partial charge in [0.2, 0.25) is 0 Å². The molecular formula is C16H17BrClN. The lowest BCUT2D eigenvalue weighted by Crippen LogP contribution is -2.15. The maximum absolute atomic E-state index is 6.17. The molecule has 0 fully saturated rings. The third kappa shape index (κ3) is 4.98. The summed E-state index contributed by atoms with van der Waals surface area (Å²) in [5.74, 6) is 0. The molecule has 0 heterocycles. The molecule has 0 aliphatic rings. The van der Waals surface area contributed by atoms with Crippen molar-refractivity contribution in [3.05, 3.63) is 69.2 Å². The minimum atomic E-state index is 0.810. The molecule has 1 N–H and O–H groups in total. The van der Waals surface area contributed by atoms with E-state index in [0.29, 0.717) is 0 Å². The largest absolute Gasteiger partial charge is 0.313 e. The van der Waals surface area contributed by atoms with Crippen molar-refractivity contribution in [2.45, 2.75) is 19.4 Å². The number of aryl methyl sites for hydroxylation is 1. The fourth-order valence-corrected chi connectivity index (χ4v) is 2.69. The van der Waals surface area contributed by atoms with E-state index in [9.17, 15) is 0 Å². The van der Waals surface area contributed by atoms with Gasteiger partial charge in [-0.2, -0.15) is 0 Å². The Balaban J connectivity index is 1.69. The predicted molar refractivity (Wildman–Crippen MR) is 85.6 cm³/mol. The van der Waals surface area contributed by atoms with Crippen molar-refractivity contribution >= 4 is 27.5 Å². The molecule has 0 amide bonds. The molecule has 0 saturated heterocycles. The summed E-state index contributed by atoms with van der Waals surface area (Å²) >= 11 is 9.58. The number of hydrogen-bond donors (Lipinski definition) is 1. The van der Waals surface area contributed by atoms with Crippen molar-refractivity contribution in [1.29, 1.82) is 0 Å². The van der Waals surface area contributed by atoms with Crippen LogP contribution in [0.15, 0.2) is 53.0 Å². The highest BCUT2D eigenvalue weighted by Crippen LogP contribution is 2.21. The van der Waals surface area contributed by atoms with Gasteiger partial charge in [-0.1, -0.05) is 63.9 Å². The molecule has 0 atom stereocenters. The highest BCUT2D eigenvalue weighted by atomic mass is 79.9. The molecule has 2 aromatic carbocycles. The molecule has 2 aromatic rings. The Morgan fingerprint density at radius 3 is 2.58 bits per heavy atom. The van der Waals surface area contributed by atoms with Crippen LogP contribution in [0.3, 0.4) is 0 Å². The zero-order valence-corrected chi connectivity index (χ0v) is 13.0. The molecule has 0 unspecified atom stereocenters. The van der Waals surface area contributed by atoms with Crippen LogP contribution in [0.4, 0.5) is 0 Å². The van der Waals surface area contributed by atoms with Gasteiger partial charge in [-0.25, -0.2) is 0 Å². The summed E-state index contributed by atoms with van der Waals surface area (Å²) in [4.78, 5) is 0. The molecule has 0 aliphatic heterocycles. The van der Waals surface area contributed by atoms with Gasteiger partial charge in [0.15, 0.2) is 0 Å². The third-order valence-corrected chi connectivity index (χ3v) is 3.84. The van der Waals surface area contributed by atoms with Crippen LogP contribution < -0.4 is 5.32 Å². The van der Waals surface area contributed by atoms with E-state index in [2.05, 4.69) is 57.6 Å². The molecule has 0 aliphatic carbocycles. The predicted octanol–water partition coefficient (Wildman–Crippen LogP) is 4.82. The summed E-state index contributed by atoms with van der Waals surface area (Å²) in [6.45, 7) is 1.82. The molecular weight excluding hydrogens is 322 g/mol. The molecule has 0 radical (unpaired) electrons. The van der Waals surface area contributed by atoms with Crippen LogP contribution in [-0.4, -0.2) is 6.54 Å². The van der Waals surface area contributed by atoms with E-state index >= 15 is 0 Å². The second-order valence-corrected chi connectivity index (χ2v) is 5.82. The van der Waals surface area contributed by atoms with Crippen LogP contribution in [0.5, 0.6) is 0 Å². The van der Waals surface area contributed by atoms with Gasteiger partial charge in [0.1, 0.15) is 0 Å². The average Bonchev–Trinajstić information content (AvgIpc) is 2.42. The number of nitrogens with one attached hydrogen (secondary N) is 1. The van der Waals surface area contributed by atoms with Gasteiger partial charge in [-0.15, -0.1) is 0 Å². The lowest BCUT2D eigenvalue weighted by Gasteiger charge is -2.07. The van der Waals surface area contributed by atoms with Gasteiger partial charge >= 0.3 is 0 Å². The first-order valence-corrected chi connectivity index (χ1v) is 7.61. The highest BCUT2D eigenvalue weighted by molar-refractivity contribution is 9.10. The Labute approximate surface area is 128 Å². The van der Waals surface area contributed by atoms with E-state index < -0.39 is 0 Å². The van der Waals surface area contributed by atoms with Gasteiger partial charge in [0.05, 0.1) is 0 Å². The van der Waals surface area contributed by atoms with Gasteiger partial charge in [0.25, 0.3) is 0 Å². The number of hydrogen-bond acceptors (Lipinski definition) is 1. The fourth-order valence-electron chi connectivity index (χ4n) is 1.95. The van der Waals surface area contributed by atoms with Crippen LogP contribution in [0.1, 0.15) is 17.5 Å². The second kappa shape index (κ2) is 7.68. The van der Waals surface area contributed by atoms with Gasteiger partial charge in [-0.3, -0.25) is 0 Å². The summed E-state index contributed by atoms with van der Waals surface area (Å²) in [5, 5.41) is 4.24. The molecule has 19 heavy (non-hydrogen) atoms. The summed E-state index contributed by atoms with van der Waals surface area (Å²) in [7, 11) is 0. The Kier molecular flexibility index (Phi) is 5.90. The summed E-state index contributed by atoms with van der Waals surface area (Å²) in [6.07, 6.45) is 2.25. The lowest BCUT2D eigenvalue weighted by molar-refractivity contribution is 0.649. The molecule has 2 rings (SSSR count). The molecule has 0 aromatic heterocycles. The fraction of sp³-hybridized carbons (Fsp3) is 0.250. The summed E-state index contributed by atoms with van der Waals surface area (Å²) < 4.78 is 1.02. The Morgan fingerprint density at radius 2 is 1.84 bits per heavy atom. The molecule has 100 valence electrons. The van der Waals surface area contributed by atoms with Crippen LogP contribution in [0.2, 0.25) is 5.02 Å². The van der Waals surface area contributed by atoms with Gasteiger partial charge in [-0.05, 0) is 42.6 Å². The van der Waals surface area contributed by atoms with Crippen molar-refractivity contribution in [2.24, 2.45) is 0 Å². The number of benzene rings is 2. The topological polar surface area (TPSA) is 12.0 Å². The molecule has 0 spiro atoms. The summed E-state index contributed by atoms with van der Waals surface area (Å²) in [5.41, 5.74) is 2.54. The van der Waals surface area contributed by atoms with E-state index in [1.165, 1.54) is 5.56 Å². The van der Waals surface area contributed by atoms with Crippen molar-refractivity contribution in [3.63, 3.8) is 0 Å². The zero-order chi connectivity index (χ0) is 13.5. The monoisotopic (exact) mass is 337 g/mol. The SMILES string of the molecule is Clc1cc(Br)ccc1CNCCCc1ccccc1. The number of halogens is 2. The van der Waals surface area contributed by atoms with E-state index in [1.54, 1.807) is 0 Å². The molecule has 1 nitrogen and oxygen atoms in total. The Bertz CT molecular complexity index is 513. The molecule has 0 saturated carbocycles. The van der Waals surface area contributed by atoms with E-state index in [-0.39, 0.29) is 0 Å². The van der Waals surface area contributed by atoms with Crippen molar-refractivity contribution in [1.82, 2.24) is 5.32 Å². The van der Waals surface area contributed by atoms with Crippen LogP contribution in [0.25, 0.3) is 0 Å². The minimum Gasteiger partial charge on any atom is -0.313 e. The number of rotatable bonds is 6. The van der Waals surface area contributed by atoms with Gasteiger partial charge in [0, 0.05) is 16.0 Å². The summed E-state index contributed by atoms with van der Waals surface area (Å²) in [6, 6.07) is 16.6. The van der Waals surface area contributed by atoms with Crippen molar-refractivity contribution in [2.75, 3.05) is 6.54 Å². The standard InChI is InChI=1S/C16H17BrClN/c17-15-9-8-14(16(18)11-15)12-19-10-4-7-13-5-2-1-3-6-13/h1-3,5-6,8-9,11,19H,4,7,10,12H2. The lowest BCUT2D eigenvalue weighted by atomic mass is 10.1.